The second-order valence-corrected chi connectivity index (χ2v) is 6.80. The van der Waals surface area contributed by atoms with E-state index in [4.69, 9.17) is 0 Å². The minimum Gasteiger partial charge on any atom is -0.324 e. The Bertz CT molecular complexity index is 773. The molecule has 0 bridgehead atoms. The number of hydrogen-bond acceptors (Lipinski definition) is 4. The van der Waals surface area contributed by atoms with Crippen LogP contribution in [0.2, 0.25) is 0 Å². The number of aryl methyl sites for hydroxylation is 1. The molecule has 1 saturated heterocycles. The summed E-state index contributed by atoms with van der Waals surface area (Å²) < 4.78 is 1.40. The highest BCUT2D eigenvalue weighted by Crippen LogP contribution is 2.37. The van der Waals surface area contributed by atoms with Crippen molar-refractivity contribution in [1.29, 1.82) is 0 Å². The fourth-order valence-electron chi connectivity index (χ4n) is 2.64. The van der Waals surface area contributed by atoms with Crippen LogP contribution in [0, 0.1) is 13.8 Å². The monoisotopic (exact) mass is 329 g/mol. The molecule has 1 fully saturated rings. The van der Waals surface area contributed by atoms with E-state index in [-0.39, 0.29) is 23.4 Å². The van der Waals surface area contributed by atoms with Gasteiger partial charge in [-0.1, -0.05) is 30.3 Å². The number of nitrogens with zero attached hydrogens (tertiary/aromatic N) is 3. The molecule has 2 aromatic rings. The smallest absolute Gasteiger partial charge is 0.256 e. The Labute approximate surface area is 139 Å². The van der Waals surface area contributed by atoms with E-state index in [1.54, 1.807) is 25.6 Å². The Kier molecular flexibility index (Phi) is 4.52. The number of carbonyl (C=O) groups excluding carboxylic acids is 1. The molecule has 1 amide bonds. The summed E-state index contributed by atoms with van der Waals surface area (Å²) in [5.74, 6) is 0.863. The van der Waals surface area contributed by atoms with E-state index in [1.165, 1.54) is 10.9 Å². The van der Waals surface area contributed by atoms with Crippen LogP contribution in [-0.4, -0.2) is 32.7 Å². The van der Waals surface area contributed by atoms with Crippen LogP contribution in [-0.2, 0) is 11.3 Å². The van der Waals surface area contributed by atoms with Crippen molar-refractivity contribution in [1.82, 2.24) is 14.5 Å². The van der Waals surface area contributed by atoms with E-state index in [2.05, 4.69) is 4.98 Å². The summed E-state index contributed by atoms with van der Waals surface area (Å²) in [6.07, 6.45) is 1.46. The molecule has 120 valence electrons. The van der Waals surface area contributed by atoms with Crippen molar-refractivity contribution in [3.05, 3.63) is 63.8 Å². The molecule has 0 N–H and O–H groups in total. The van der Waals surface area contributed by atoms with Crippen LogP contribution in [0.3, 0.4) is 0 Å². The molecule has 0 saturated carbocycles. The zero-order valence-corrected chi connectivity index (χ0v) is 14.0. The van der Waals surface area contributed by atoms with Crippen LogP contribution in [0.5, 0.6) is 0 Å². The topological polar surface area (TPSA) is 55.2 Å². The van der Waals surface area contributed by atoms with Gasteiger partial charge in [-0.05, 0) is 19.4 Å². The molecule has 0 radical (unpaired) electrons. The van der Waals surface area contributed by atoms with Gasteiger partial charge < -0.3 is 4.90 Å². The highest BCUT2D eigenvalue weighted by Gasteiger charge is 2.30. The van der Waals surface area contributed by atoms with Gasteiger partial charge in [0.1, 0.15) is 11.9 Å². The van der Waals surface area contributed by atoms with Gasteiger partial charge in [-0.2, -0.15) is 0 Å². The standard InChI is InChI=1S/C17H19N3O2S/c1-12-13(2)18-11-19(16(12)22)10-15(21)20-8-9-23-17(20)14-6-4-3-5-7-14/h3-7,11,17H,8-10H2,1-2H3. The maximum Gasteiger partial charge on any atom is 0.256 e. The van der Waals surface area contributed by atoms with E-state index in [1.807, 2.05) is 35.2 Å². The van der Waals surface area contributed by atoms with Crippen LogP contribution in [0.1, 0.15) is 22.2 Å². The Morgan fingerprint density at radius 1 is 1.30 bits per heavy atom. The van der Waals surface area contributed by atoms with Gasteiger partial charge in [-0.15, -0.1) is 11.8 Å². The number of aromatic nitrogens is 2. The van der Waals surface area contributed by atoms with Crippen molar-refractivity contribution >= 4 is 17.7 Å². The fourth-order valence-corrected chi connectivity index (χ4v) is 3.92. The summed E-state index contributed by atoms with van der Waals surface area (Å²) in [4.78, 5) is 30.9. The third-order valence-corrected chi connectivity index (χ3v) is 5.38. The molecule has 2 heterocycles. The Morgan fingerprint density at radius 3 is 2.78 bits per heavy atom. The zero-order valence-electron chi connectivity index (χ0n) is 13.2. The van der Waals surface area contributed by atoms with Crippen molar-refractivity contribution in [2.75, 3.05) is 12.3 Å². The number of rotatable bonds is 3. The number of benzene rings is 1. The second-order valence-electron chi connectivity index (χ2n) is 5.61. The van der Waals surface area contributed by atoms with Crippen LogP contribution >= 0.6 is 11.8 Å². The summed E-state index contributed by atoms with van der Waals surface area (Å²) in [6.45, 7) is 4.28. The lowest BCUT2D eigenvalue weighted by Crippen LogP contribution is -2.36. The average molecular weight is 329 g/mol. The third-order valence-electron chi connectivity index (χ3n) is 4.12. The molecule has 1 aromatic heterocycles. The first kappa shape index (κ1) is 15.8. The summed E-state index contributed by atoms with van der Waals surface area (Å²) in [7, 11) is 0. The van der Waals surface area contributed by atoms with Gasteiger partial charge in [0.25, 0.3) is 5.56 Å². The molecular formula is C17H19N3O2S. The lowest BCUT2D eigenvalue weighted by atomic mass is 10.2. The molecule has 3 rings (SSSR count). The molecule has 1 atom stereocenters. The van der Waals surface area contributed by atoms with Crippen molar-refractivity contribution in [2.45, 2.75) is 25.8 Å². The van der Waals surface area contributed by atoms with Crippen LogP contribution in [0.25, 0.3) is 0 Å². The molecular weight excluding hydrogens is 310 g/mol. The van der Waals surface area contributed by atoms with Crippen LogP contribution in [0.15, 0.2) is 41.5 Å². The Morgan fingerprint density at radius 2 is 2.04 bits per heavy atom. The van der Waals surface area contributed by atoms with Crippen molar-refractivity contribution < 1.29 is 4.79 Å². The first-order valence-corrected chi connectivity index (χ1v) is 8.61. The molecule has 0 aliphatic carbocycles. The van der Waals surface area contributed by atoms with E-state index >= 15 is 0 Å². The maximum absolute atomic E-state index is 12.7. The van der Waals surface area contributed by atoms with Crippen LogP contribution < -0.4 is 5.56 Å². The van der Waals surface area contributed by atoms with Gasteiger partial charge in [-0.3, -0.25) is 14.2 Å². The molecule has 5 nitrogen and oxygen atoms in total. The number of carbonyl (C=O) groups is 1. The summed E-state index contributed by atoms with van der Waals surface area (Å²) in [6, 6.07) is 10.00. The van der Waals surface area contributed by atoms with Crippen molar-refractivity contribution in [3.8, 4) is 0 Å². The lowest BCUT2D eigenvalue weighted by molar-refractivity contribution is -0.132. The van der Waals surface area contributed by atoms with Gasteiger partial charge in [0.2, 0.25) is 5.91 Å². The summed E-state index contributed by atoms with van der Waals surface area (Å²) >= 11 is 1.75. The third kappa shape index (κ3) is 3.17. The predicted octanol–water partition coefficient (Wildman–Crippen LogP) is 2.13. The van der Waals surface area contributed by atoms with E-state index in [0.29, 0.717) is 17.8 Å². The SMILES string of the molecule is Cc1ncn(CC(=O)N2CCSC2c2ccccc2)c(=O)c1C. The quantitative estimate of drug-likeness (QED) is 0.866. The highest BCUT2D eigenvalue weighted by atomic mass is 32.2. The molecule has 1 unspecified atom stereocenters. The van der Waals surface area contributed by atoms with Gasteiger partial charge in [0.05, 0.1) is 6.33 Å². The highest BCUT2D eigenvalue weighted by molar-refractivity contribution is 7.99. The van der Waals surface area contributed by atoms with Gasteiger partial charge in [-0.25, -0.2) is 4.98 Å². The first-order chi connectivity index (χ1) is 11.1. The molecule has 1 aromatic carbocycles. The Hall–Kier alpha value is -2.08. The van der Waals surface area contributed by atoms with Gasteiger partial charge in [0.15, 0.2) is 0 Å². The summed E-state index contributed by atoms with van der Waals surface area (Å²) in [5, 5.41) is 0.0268. The predicted molar refractivity (Wildman–Crippen MR) is 91.3 cm³/mol. The molecule has 23 heavy (non-hydrogen) atoms. The number of amides is 1. The van der Waals surface area contributed by atoms with Crippen molar-refractivity contribution in [2.24, 2.45) is 0 Å². The average Bonchev–Trinajstić information content (AvgIpc) is 3.06. The summed E-state index contributed by atoms with van der Waals surface area (Å²) in [5.41, 5.74) is 2.27. The molecule has 6 heteroatoms. The number of thioether (sulfide) groups is 1. The lowest BCUT2D eigenvalue weighted by Gasteiger charge is -2.24. The minimum absolute atomic E-state index is 0.0268. The second kappa shape index (κ2) is 6.58. The van der Waals surface area contributed by atoms with Gasteiger partial charge in [0, 0.05) is 23.6 Å². The molecule has 1 aliphatic heterocycles. The van der Waals surface area contributed by atoms with Crippen molar-refractivity contribution in [3.63, 3.8) is 0 Å². The maximum atomic E-state index is 12.7. The van der Waals surface area contributed by atoms with E-state index in [0.717, 1.165) is 11.3 Å². The molecule has 0 spiro atoms. The molecule has 1 aliphatic rings. The zero-order chi connectivity index (χ0) is 16.4. The van der Waals surface area contributed by atoms with Gasteiger partial charge >= 0.3 is 0 Å². The van der Waals surface area contributed by atoms with E-state index in [9.17, 15) is 9.59 Å². The van der Waals surface area contributed by atoms with E-state index < -0.39 is 0 Å². The van der Waals surface area contributed by atoms with Crippen LogP contribution in [0.4, 0.5) is 0 Å². The Balaban J connectivity index is 1.81. The normalized spacial score (nSPS) is 17.5. The minimum atomic E-state index is -0.144. The number of hydrogen-bond donors (Lipinski definition) is 0. The first-order valence-electron chi connectivity index (χ1n) is 7.56. The fraction of sp³-hybridized carbons (Fsp3) is 0.353. The largest absolute Gasteiger partial charge is 0.324 e.